The van der Waals surface area contributed by atoms with Crippen LogP contribution in [0.15, 0.2) is 18.2 Å². The molecule has 1 aliphatic carbocycles. The molecule has 0 atom stereocenters. The van der Waals surface area contributed by atoms with Gasteiger partial charge in [0.1, 0.15) is 5.82 Å². The van der Waals surface area contributed by atoms with E-state index in [2.05, 4.69) is 9.97 Å². The Balaban J connectivity index is 1.33. The summed E-state index contributed by atoms with van der Waals surface area (Å²) in [6, 6.07) is 5.94. The highest BCUT2D eigenvalue weighted by Crippen LogP contribution is 2.27. The fraction of sp³-hybridized carbons (Fsp3) is 0.550. The number of hydrogen-bond donors (Lipinski definition) is 1. The van der Waals surface area contributed by atoms with Crippen LogP contribution in [-0.4, -0.2) is 57.8 Å². The third-order valence-corrected chi connectivity index (χ3v) is 5.67. The molecule has 2 aromatic rings. The Morgan fingerprint density at radius 1 is 1.12 bits per heavy atom. The molecule has 2 amide bonds. The molecule has 1 N–H and O–H groups in total. The summed E-state index contributed by atoms with van der Waals surface area (Å²) in [6.45, 7) is 4.54. The maximum absolute atomic E-state index is 12.6. The van der Waals surface area contributed by atoms with Crippen LogP contribution in [0.3, 0.4) is 0 Å². The van der Waals surface area contributed by atoms with E-state index in [-0.39, 0.29) is 11.8 Å². The van der Waals surface area contributed by atoms with E-state index in [0.29, 0.717) is 38.5 Å². The predicted molar refractivity (Wildman–Crippen MR) is 99.7 cm³/mol. The highest BCUT2D eigenvalue weighted by molar-refractivity contribution is 5.83. The smallest absolute Gasteiger partial charge is 0.227 e. The third kappa shape index (κ3) is 3.45. The Kier molecular flexibility index (Phi) is 4.66. The van der Waals surface area contributed by atoms with Crippen molar-refractivity contribution in [2.24, 2.45) is 5.92 Å². The van der Waals surface area contributed by atoms with Gasteiger partial charge in [-0.1, -0.05) is 18.9 Å². The van der Waals surface area contributed by atoms with Gasteiger partial charge >= 0.3 is 0 Å². The zero-order chi connectivity index (χ0) is 18.1. The molecule has 2 heterocycles. The fourth-order valence-corrected chi connectivity index (χ4v) is 4.19. The molecule has 26 heavy (non-hydrogen) atoms. The van der Waals surface area contributed by atoms with Gasteiger partial charge in [0, 0.05) is 32.1 Å². The minimum Gasteiger partial charge on any atom is -0.342 e. The lowest BCUT2D eigenvalue weighted by molar-refractivity contribution is -0.141. The Labute approximate surface area is 153 Å². The summed E-state index contributed by atoms with van der Waals surface area (Å²) in [6.07, 6.45) is 4.82. The largest absolute Gasteiger partial charge is 0.342 e. The van der Waals surface area contributed by atoms with Gasteiger partial charge in [-0.25, -0.2) is 4.98 Å². The molecule has 6 heteroatoms. The molecule has 1 saturated carbocycles. The number of benzene rings is 1. The van der Waals surface area contributed by atoms with Crippen molar-refractivity contribution in [2.75, 3.05) is 26.2 Å². The third-order valence-electron chi connectivity index (χ3n) is 5.67. The first-order valence-electron chi connectivity index (χ1n) is 9.62. The van der Waals surface area contributed by atoms with E-state index < -0.39 is 0 Å². The van der Waals surface area contributed by atoms with Gasteiger partial charge in [0.15, 0.2) is 0 Å². The first kappa shape index (κ1) is 17.1. The second-order valence-electron chi connectivity index (χ2n) is 7.54. The fourth-order valence-electron chi connectivity index (χ4n) is 4.19. The Morgan fingerprint density at radius 2 is 1.81 bits per heavy atom. The topological polar surface area (TPSA) is 69.3 Å². The monoisotopic (exact) mass is 354 g/mol. The van der Waals surface area contributed by atoms with E-state index >= 15 is 0 Å². The predicted octanol–water partition coefficient (Wildman–Crippen LogP) is 2.27. The van der Waals surface area contributed by atoms with Crippen molar-refractivity contribution in [3.8, 4) is 0 Å². The van der Waals surface area contributed by atoms with Gasteiger partial charge < -0.3 is 14.8 Å². The number of carbonyl (C=O) groups is 2. The quantitative estimate of drug-likeness (QED) is 0.919. The average molecular weight is 354 g/mol. The molecule has 0 unspecified atom stereocenters. The number of carbonyl (C=O) groups excluding carboxylic acids is 2. The summed E-state index contributed by atoms with van der Waals surface area (Å²) in [5, 5.41) is 0. The maximum atomic E-state index is 12.6. The Morgan fingerprint density at radius 3 is 2.54 bits per heavy atom. The second-order valence-corrected chi connectivity index (χ2v) is 7.54. The lowest BCUT2D eigenvalue weighted by atomic mass is 10.1. The highest BCUT2D eigenvalue weighted by Gasteiger charge is 2.30. The standard InChI is InChI=1S/C20H26N4O2/c1-14-21-17-7-6-15(12-18(17)22-14)13-19(25)23-8-10-24(11-9-23)20(26)16-4-2-3-5-16/h6-7,12,16H,2-5,8-11,13H2,1H3,(H,21,22). The lowest BCUT2D eigenvalue weighted by Gasteiger charge is -2.36. The van der Waals surface area contributed by atoms with E-state index in [4.69, 9.17) is 0 Å². The van der Waals surface area contributed by atoms with Gasteiger partial charge in [-0.05, 0) is 37.5 Å². The molecule has 2 fully saturated rings. The number of hydrogen-bond acceptors (Lipinski definition) is 3. The maximum Gasteiger partial charge on any atom is 0.227 e. The van der Waals surface area contributed by atoms with E-state index in [0.717, 1.165) is 35.3 Å². The summed E-state index contributed by atoms with van der Waals surface area (Å²) < 4.78 is 0. The minimum absolute atomic E-state index is 0.133. The van der Waals surface area contributed by atoms with Crippen molar-refractivity contribution >= 4 is 22.8 Å². The number of rotatable bonds is 3. The van der Waals surface area contributed by atoms with Gasteiger partial charge in [0.2, 0.25) is 11.8 Å². The van der Waals surface area contributed by atoms with Crippen LogP contribution in [0, 0.1) is 12.8 Å². The van der Waals surface area contributed by atoms with Crippen molar-refractivity contribution in [1.29, 1.82) is 0 Å². The van der Waals surface area contributed by atoms with Crippen LogP contribution < -0.4 is 0 Å². The first-order valence-corrected chi connectivity index (χ1v) is 9.62. The SMILES string of the molecule is Cc1nc2ccc(CC(=O)N3CCN(C(=O)C4CCCC4)CC3)cc2[nH]1. The Hall–Kier alpha value is -2.37. The van der Waals surface area contributed by atoms with Gasteiger partial charge in [0.25, 0.3) is 0 Å². The van der Waals surface area contributed by atoms with Crippen LogP contribution in [0.5, 0.6) is 0 Å². The highest BCUT2D eigenvalue weighted by atomic mass is 16.2. The second kappa shape index (κ2) is 7.09. The van der Waals surface area contributed by atoms with Crippen molar-refractivity contribution in [3.05, 3.63) is 29.6 Å². The number of imidazole rings is 1. The molecule has 0 spiro atoms. The van der Waals surface area contributed by atoms with Crippen LogP contribution in [0.25, 0.3) is 11.0 Å². The minimum atomic E-state index is 0.133. The molecule has 1 aliphatic heterocycles. The number of amides is 2. The van der Waals surface area contributed by atoms with Crippen LogP contribution >= 0.6 is 0 Å². The number of aromatic amines is 1. The van der Waals surface area contributed by atoms with Crippen molar-refractivity contribution in [2.45, 2.75) is 39.0 Å². The number of nitrogens with zero attached hydrogens (tertiary/aromatic N) is 3. The normalized spacial score (nSPS) is 18.7. The van der Waals surface area contributed by atoms with Crippen molar-refractivity contribution < 1.29 is 9.59 Å². The Bertz CT molecular complexity index is 814. The van der Waals surface area contributed by atoms with Gasteiger partial charge in [-0.3, -0.25) is 9.59 Å². The zero-order valence-corrected chi connectivity index (χ0v) is 15.3. The molecule has 6 nitrogen and oxygen atoms in total. The average Bonchev–Trinajstić information content (AvgIpc) is 3.29. The van der Waals surface area contributed by atoms with E-state index in [1.165, 1.54) is 12.8 Å². The van der Waals surface area contributed by atoms with E-state index in [1.54, 1.807) is 0 Å². The van der Waals surface area contributed by atoms with Crippen LogP contribution in [0.2, 0.25) is 0 Å². The first-order chi connectivity index (χ1) is 12.6. The van der Waals surface area contributed by atoms with E-state index in [1.807, 2.05) is 34.9 Å². The number of H-pyrrole nitrogens is 1. The van der Waals surface area contributed by atoms with Gasteiger partial charge in [-0.2, -0.15) is 0 Å². The summed E-state index contributed by atoms with van der Waals surface area (Å²) >= 11 is 0. The van der Waals surface area contributed by atoms with Crippen molar-refractivity contribution in [1.82, 2.24) is 19.8 Å². The summed E-state index contributed by atoms with van der Waals surface area (Å²) in [5.41, 5.74) is 2.90. The molecule has 0 bridgehead atoms. The molecular formula is C20H26N4O2. The van der Waals surface area contributed by atoms with Crippen LogP contribution in [0.4, 0.5) is 0 Å². The van der Waals surface area contributed by atoms with Crippen LogP contribution in [-0.2, 0) is 16.0 Å². The van der Waals surface area contributed by atoms with Crippen molar-refractivity contribution in [3.63, 3.8) is 0 Å². The molecule has 1 aromatic heterocycles. The van der Waals surface area contributed by atoms with Crippen LogP contribution in [0.1, 0.15) is 37.1 Å². The summed E-state index contributed by atoms with van der Waals surface area (Å²) in [7, 11) is 0. The lowest BCUT2D eigenvalue weighted by Crippen LogP contribution is -2.52. The summed E-state index contributed by atoms with van der Waals surface area (Å²) in [4.78, 5) is 36.6. The number of fused-ring (bicyclic) bond motifs is 1. The zero-order valence-electron chi connectivity index (χ0n) is 15.3. The molecule has 0 radical (unpaired) electrons. The number of nitrogens with one attached hydrogen (secondary N) is 1. The number of aromatic nitrogens is 2. The van der Waals surface area contributed by atoms with Gasteiger partial charge in [0.05, 0.1) is 17.5 Å². The number of aryl methyl sites for hydroxylation is 1. The molecular weight excluding hydrogens is 328 g/mol. The van der Waals surface area contributed by atoms with E-state index in [9.17, 15) is 9.59 Å². The summed E-state index contributed by atoms with van der Waals surface area (Å²) in [5.74, 6) is 1.54. The molecule has 1 aromatic carbocycles. The molecule has 2 aliphatic rings. The molecule has 4 rings (SSSR count). The number of piperazine rings is 1. The molecule has 138 valence electrons. The molecule has 1 saturated heterocycles. The van der Waals surface area contributed by atoms with Gasteiger partial charge in [-0.15, -0.1) is 0 Å².